The number of carbonyl (C=O) groups excluding carboxylic acids is 1. The molecule has 0 N–H and O–H groups in total. The fourth-order valence-corrected chi connectivity index (χ4v) is 1.74. The molecule has 0 saturated heterocycles. The average Bonchev–Trinajstić information content (AvgIpc) is 2.20. The van der Waals surface area contributed by atoms with Crippen molar-refractivity contribution in [3.63, 3.8) is 0 Å². The maximum absolute atomic E-state index is 10.9. The van der Waals surface area contributed by atoms with Crippen LogP contribution in [-0.4, -0.2) is 19.3 Å². The molecule has 4 heteroatoms. The van der Waals surface area contributed by atoms with Gasteiger partial charge in [0.25, 0.3) is 0 Å². The van der Waals surface area contributed by atoms with Crippen molar-refractivity contribution < 1.29 is 14.3 Å². The third-order valence-electron chi connectivity index (χ3n) is 1.82. The van der Waals surface area contributed by atoms with Gasteiger partial charge in [0.1, 0.15) is 11.5 Å². The fraction of sp³-hybridized carbons (Fsp3) is 0.364. The molecular formula is C11H14O3S. The summed E-state index contributed by atoms with van der Waals surface area (Å²) < 4.78 is 10.2. The zero-order valence-electron chi connectivity index (χ0n) is 9.07. The summed E-state index contributed by atoms with van der Waals surface area (Å²) >= 11 is 1.67. The number of benzene rings is 1. The van der Waals surface area contributed by atoms with Crippen molar-refractivity contribution in [2.75, 3.05) is 13.4 Å². The number of rotatable bonds is 4. The van der Waals surface area contributed by atoms with Crippen molar-refractivity contribution in [3.05, 3.63) is 23.8 Å². The highest BCUT2D eigenvalue weighted by molar-refractivity contribution is 7.97. The van der Waals surface area contributed by atoms with E-state index in [1.54, 1.807) is 31.0 Å². The van der Waals surface area contributed by atoms with E-state index >= 15 is 0 Å². The number of hydrogen-bond donors (Lipinski definition) is 0. The van der Waals surface area contributed by atoms with Crippen LogP contribution >= 0.6 is 11.8 Å². The van der Waals surface area contributed by atoms with Gasteiger partial charge in [0.2, 0.25) is 0 Å². The lowest BCUT2D eigenvalue weighted by atomic mass is 10.2. The second-order valence-electron chi connectivity index (χ2n) is 3.00. The van der Waals surface area contributed by atoms with E-state index in [0.29, 0.717) is 5.75 Å². The van der Waals surface area contributed by atoms with E-state index in [1.165, 1.54) is 6.92 Å². The van der Waals surface area contributed by atoms with E-state index in [9.17, 15) is 4.79 Å². The number of esters is 1. The number of hydrogen-bond acceptors (Lipinski definition) is 4. The highest BCUT2D eigenvalue weighted by Crippen LogP contribution is 2.27. The molecule has 1 rings (SSSR count). The molecule has 82 valence electrons. The van der Waals surface area contributed by atoms with E-state index in [4.69, 9.17) is 9.47 Å². The van der Waals surface area contributed by atoms with Crippen molar-refractivity contribution >= 4 is 17.7 Å². The van der Waals surface area contributed by atoms with E-state index in [-0.39, 0.29) is 5.97 Å². The predicted octanol–water partition coefficient (Wildman–Crippen LogP) is 2.48. The molecule has 1 aromatic carbocycles. The molecule has 0 amide bonds. The molecule has 0 bridgehead atoms. The lowest BCUT2D eigenvalue weighted by Gasteiger charge is -2.09. The molecule has 0 aliphatic carbocycles. The summed E-state index contributed by atoms with van der Waals surface area (Å²) in [5.74, 6) is 1.87. The van der Waals surface area contributed by atoms with E-state index in [1.807, 2.05) is 12.3 Å². The van der Waals surface area contributed by atoms with Gasteiger partial charge in [-0.1, -0.05) is 0 Å². The van der Waals surface area contributed by atoms with Gasteiger partial charge in [-0.15, -0.1) is 0 Å². The maximum Gasteiger partial charge on any atom is 0.308 e. The first-order valence-corrected chi connectivity index (χ1v) is 5.91. The standard InChI is InChI=1S/C11H14O3S/c1-8(12)14-11-5-4-10(13-2)6-9(11)7-15-3/h4-6H,7H2,1-3H3. The molecule has 0 spiro atoms. The molecule has 1 aromatic rings. The molecule has 0 aliphatic rings. The summed E-state index contributed by atoms with van der Waals surface area (Å²) in [5, 5.41) is 0. The van der Waals surface area contributed by atoms with Gasteiger partial charge in [0.15, 0.2) is 0 Å². The molecule has 0 heterocycles. The van der Waals surface area contributed by atoms with Crippen LogP contribution in [0.2, 0.25) is 0 Å². The van der Waals surface area contributed by atoms with Gasteiger partial charge in [0, 0.05) is 18.2 Å². The van der Waals surface area contributed by atoms with Gasteiger partial charge in [0.05, 0.1) is 7.11 Å². The average molecular weight is 226 g/mol. The van der Waals surface area contributed by atoms with Crippen LogP contribution in [0.1, 0.15) is 12.5 Å². The van der Waals surface area contributed by atoms with E-state index in [2.05, 4.69) is 0 Å². The highest BCUT2D eigenvalue weighted by atomic mass is 32.2. The first-order chi connectivity index (χ1) is 7.17. The van der Waals surface area contributed by atoms with Crippen molar-refractivity contribution in [1.82, 2.24) is 0 Å². The van der Waals surface area contributed by atoms with Crippen LogP contribution < -0.4 is 9.47 Å². The van der Waals surface area contributed by atoms with E-state index in [0.717, 1.165) is 17.1 Å². The molecule has 15 heavy (non-hydrogen) atoms. The predicted molar refractivity (Wildman–Crippen MR) is 61.5 cm³/mol. The zero-order valence-corrected chi connectivity index (χ0v) is 9.89. The summed E-state index contributed by atoms with van der Waals surface area (Å²) in [6.07, 6.45) is 2.00. The second-order valence-corrected chi connectivity index (χ2v) is 3.87. The van der Waals surface area contributed by atoms with Crippen LogP contribution in [0.25, 0.3) is 0 Å². The highest BCUT2D eigenvalue weighted by Gasteiger charge is 2.07. The third kappa shape index (κ3) is 3.47. The zero-order chi connectivity index (χ0) is 11.3. The maximum atomic E-state index is 10.9. The summed E-state index contributed by atoms with van der Waals surface area (Å²) in [4.78, 5) is 10.9. The van der Waals surface area contributed by atoms with Crippen molar-refractivity contribution in [2.24, 2.45) is 0 Å². The van der Waals surface area contributed by atoms with Gasteiger partial charge < -0.3 is 9.47 Å². The first kappa shape index (κ1) is 11.9. The first-order valence-electron chi connectivity index (χ1n) is 4.51. The Morgan fingerprint density at radius 3 is 2.73 bits per heavy atom. The number of thioether (sulfide) groups is 1. The molecule has 0 unspecified atom stereocenters. The fourth-order valence-electron chi connectivity index (χ4n) is 1.21. The Balaban J connectivity index is 2.97. The van der Waals surface area contributed by atoms with Crippen LogP contribution in [0, 0.1) is 0 Å². The smallest absolute Gasteiger partial charge is 0.308 e. The largest absolute Gasteiger partial charge is 0.497 e. The number of methoxy groups -OCH3 is 1. The second kappa shape index (κ2) is 5.66. The van der Waals surface area contributed by atoms with Gasteiger partial charge in [-0.05, 0) is 24.5 Å². The Labute approximate surface area is 93.8 Å². The minimum absolute atomic E-state index is 0.303. The lowest BCUT2D eigenvalue weighted by Crippen LogP contribution is -2.03. The van der Waals surface area contributed by atoms with Crippen LogP contribution in [0.3, 0.4) is 0 Å². The van der Waals surface area contributed by atoms with E-state index < -0.39 is 0 Å². The summed E-state index contributed by atoms with van der Waals surface area (Å²) in [7, 11) is 1.61. The monoisotopic (exact) mass is 226 g/mol. The molecule has 0 radical (unpaired) electrons. The number of ether oxygens (including phenoxy) is 2. The Morgan fingerprint density at radius 2 is 2.20 bits per heavy atom. The van der Waals surface area contributed by atoms with Crippen molar-refractivity contribution in [1.29, 1.82) is 0 Å². The SMILES string of the molecule is COc1ccc(OC(C)=O)c(CSC)c1. The Bertz CT molecular complexity index is 350. The Hall–Kier alpha value is -1.16. The minimum atomic E-state index is -0.303. The van der Waals surface area contributed by atoms with Gasteiger partial charge in [-0.3, -0.25) is 4.79 Å². The van der Waals surface area contributed by atoms with Crippen molar-refractivity contribution in [3.8, 4) is 11.5 Å². The topological polar surface area (TPSA) is 35.5 Å². The molecular weight excluding hydrogens is 212 g/mol. The summed E-state index contributed by atoms with van der Waals surface area (Å²) in [6.45, 7) is 1.40. The number of carbonyl (C=O) groups is 1. The molecule has 0 saturated carbocycles. The summed E-state index contributed by atoms with van der Waals surface area (Å²) in [6, 6.07) is 5.42. The molecule has 0 aliphatic heterocycles. The van der Waals surface area contributed by atoms with Gasteiger partial charge in [-0.25, -0.2) is 0 Å². The summed E-state index contributed by atoms with van der Waals surface area (Å²) in [5.41, 5.74) is 0.969. The Morgan fingerprint density at radius 1 is 1.47 bits per heavy atom. The molecule has 0 aromatic heterocycles. The lowest BCUT2D eigenvalue weighted by molar-refractivity contribution is -0.131. The van der Waals surface area contributed by atoms with Crippen LogP contribution in [-0.2, 0) is 10.5 Å². The molecule has 0 atom stereocenters. The van der Waals surface area contributed by atoms with Crippen molar-refractivity contribution in [2.45, 2.75) is 12.7 Å². The van der Waals surface area contributed by atoms with Gasteiger partial charge >= 0.3 is 5.97 Å². The normalized spacial score (nSPS) is 9.80. The minimum Gasteiger partial charge on any atom is -0.497 e. The van der Waals surface area contributed by atoms with Crippen LogP contribution in [0.5, 0.6) is 11.5 Å². The third-order valence-corrected chi connectivity index (χ3v) is 2.42. The molecule has 3 nitrogen and oxygen atoms in total. The van der Waals surface area contributed by atoms with Crippen LogP contribution in [0.15, 0.2) is 18.2 Å². The van der Waals surface area contributed by atoms with Crippen LogP contribution in [0.4, 0.5) is 0 Å². The molecule has 0 fully saturated rings. The Kier molecular flexibility index (Phi) is 4.49. The van der Waals surface area contributed by atoms with Gasteiger partial charge in [-0.2, -0.15) is 11.8 Å². The quantitative estimate of drug-likeness (QED) is 0.583.